The molecule has 0 radical (unpaired) electrons. The van der Waals surface area contributed by atoms with E-state index in [9.17, 15) is 9.59 Å². The van der Waals surface area contributed by atoms with Crippen molar-refractivity contribution < 1.29 is 31.2 Å². The molecule has 1 amide bonds. The Morgan fingerprint density at radius 2 is 1.29 bits per heavy atom. The molecule has 0 aromatic rings. The summed E-state index contributed by atoms with van der Waals surface area (Å²) in [7, 11) is 6.25. The van der Waals surface area contributed by atoms with Gasteiger partial charge in [-0.15, -0.1) is 0 Å². The first-order valence-electron chi connectivity index (χ1n) is 11.3. The molecule has 0 saturated heterocycles. The molecule has 2 unspecified atom stereocenters. The average molecular weight is 463 g/mol. The number of hydrogen-bond acceptors (Lipinski definition) is 3. The van der Waals surface area contributed by atoms with Gasteiger partial charge in [0.05, 0.1) is 27.1 Å². The van der Waals surface area contributed by atoms with Gasteiger partial charge in [0.25, 0.3) is 0 Å². The quantitative estimate of drug-likeness (QED) is 0.398. The molecule has 6 heteroatoms. The Morgan fingerprint density at radius 1 is 0.839 bits per heavy atom. The first-order valence-corrected chi connectivity index (χ1v) is 11.3. The van der Waals surface area contributed by atoms with Gasteiger partial charge in [-0.1, -0.05) is 69.2 Å². The van der Waals surface area contributed by atoms with E-state index in [0.29, 0.717) is 19.4 Å². The fourth-order valence-electron chi connectivity index (χ4n) is 3.83. The van der Waals surface area contributed by atoms with Crippen molar-refractivity contribution in [1.29, 1.82) is 0 Å². The molecule has 0 aliphatic carbocycles. The minimum absolute atomic E-state index is 0. The summed E-state index contributed by atoms with van der Waals surface area (Å²) >= 11 is 0. The van der Waals surface area contributed by atoms with Crippen LogP contribution in [-0.2, 0) is 14.3 Å². The van der Waals surface area contributed by atoms with E-state index in [1.165, 1.54) is 0 Å². The summed E-state index contributed by atoms with van der Waals surface area (Å²) < 4.78 is 6.46. The summed E-state index contributed by atoms with van der Waals surface area (Å²) in [6.45, 7) is 22.4. The number of carbonyl (C=O) groups excluding carboxylic acids is 2. The first kappa shape index (κ1) is 32.4. The second-order valence-electron chi connectivity index (χ2n) is 13.6. The van der Waals surface area contributed by atoms with Crippen LogP contribution in [0.1, 0.15) is 82.1 Å². The second-order valence-corrected chi connectivity index (χ2v) is 13.6. The molecule has 0 aliphatic rings. The van der Waals surface area contributed by atoms with Gasteiger partial charge in [-0.2, -0.15) is 0 Å². The zero-order chi connectivity index (χ0) is 24.3. The van der Waals surface area contributed by atoms with E-state index in [-0.39, 0.29) is 57.8 Å². The molecule has 0 aliphatic heterocycles. The Bertz CT molecular complexity index is 593. The summed E-state index contributed by atoms with van der Waals surface area (Å²) in [6, 6.07) is 0. The van der Waals surface area contributed by atoms with Crippen LogP contribution in [0, 0.1) is 33.5 Å². The van der Waals surface area contributed by atoms with Crippen molar-refractivity contribution in [3.05, 3.63) is 0 Å². The zero-order valence-electron chi connectivity index (χ0n) is 22.6. The van der Waals surface area contributed by atoms with Gasteiger partial charge >= 0.3 is 5.97 Å². The van der Waals surface area contributed by atoms with Gasteiger partial charge < -0.3 is 27.4 Å². The fraction of sp³-hybridized carbons (Fsp3) is 0.920. The summed E-state index contributed by atoms with van der Waals surface area (Å²) in [5.41, 5.74) is 4.95. The predicted octanol–water partition coefficient (Wildman–Crippen LogP) is 1.88. The first-order chi connectivity index (χ1) is 13.0. The number of likely N-dealkylation sites (N-methyl/N-ethyl adjacent to an activating group) is 1. The molecular formula is C25H51ClN2O3. The number of ether oxygens (including phenoxy) is 1. The third-order valence-electron chi connectivity index (χ3n) is 6.83. The second kappa shape index (κ2) is 10.9. The molecule has 0 saturated carbocycles. The van der Waals surface area contributed by atoms with E-state index in [0.717, 1.165) is 11.0 Å². The lowest BCUT2D eigenvalue weighted by Gasteiger charge is -2.49. The number of hydrogen-bond donors (Lipinski definition) is 1. The normalized spacial score (nSPS) is 15.6. The Labute approximate surface area is 198 Å². The van der Waals surface area contributed by atoms with Gasteiger partial charge in [0, 0.05) is 5.92 Å². The lowest BCUT2D eigenvalue weighted by atomic mass is 9.54. The van der Waals surface area contributed by atoms with E-state index in [1.807, 2.05) is 0 Å². The highest BCUT2D eigenvalue weighted by atomic mass is 35.5. The van der Waals surface area contributed by atoms with Crippen LogP contribution < -0.4 is 18.1 Å². The summed E-state index contributed by atoms with van der Waals surface area (Å²) in [6.07, 6.45) is 1.35. The number of esters is 1. The topological polar surface area (TPSA) is 69.4 Å². The highest BCUT2D eigenvalue weighted by Crippen LogP contribution is 2.52. The van der Waals surface area contributed by atoms with Crippen molar-refractivity contribution in [1.82, 2.24) is 0 Å². The maximum absolute atomic E-state index is 13.1. The van der Waals surface area contributed by atoms with Crippen molar-refractivity contribution in [2.24, 2.45) is 39.2 Å². The summed E-state index contributed by atoms with van der Waals surface area (Å²) in [5, 5.41) is 0. The van der Waals surface area contributed by atoms with Crippen LogP contribution in [0.4, 0.5) is 0 Å². The predicted molar refractivity (Wildman–Crippen MR) is 126 cm³/mol. The molecule has 2 atom stereocenters. The number of halogens is 1. The van der Waals surface area contributed by atoms with Crippen LogP contribution in [0.3, 0.4) is 0 Å². The largest absolute Gasteiger partial charge is 1.00 e. The molecule has 186 valence electrons. The van der Waals surface area contributed by atoms with Gasteiger partial charge in [-0.05, 0) is 34.5 Å². The van der Waals surface area contributed by atoms with E-state index in [4.69, 9.17) is 10.5 Å². The minimum Gasteiger partial charge on any atom is -1.00 e. The molecule has 0 bridgehead atoms. The lowest BCUT2D eigenvalue weighted by molar-refractivity contribution is -0.870. The molecule has 2 N–H and O–H groups in total. The number of carbonyl (C=O) groups is 2. The van der Waals surface area contributed by atoms with Crippen molar-refractivity contribution >= 4 is 11.9 Å². The highest BCUT2D eigenvalue weighted by Gasteiger charge is 2.49. The number of quaternary nitrogens is 1. The summed E-state index contributed by atoms with van der Waals surface area (Å²) in [4.78, 5) is 25.5. The standard InChI is InChI=1S/C25H50N2O3.ClH/c1-22(2,3)16-18(20(26)28)25(9,10)24(7,8)17-19(23(4,5)6)21(29)30-15-14-27(11,12)13;/h18-19H,14-17H2,1-13H3,(H-,26,28);1H. The molecule has 0 spiro atoms. The maximum Gasteiger partial charge on any atom is 0.309 e. The third kappa shape index (κ3) is 10.6. The Morgan fingerprint density at radius 3 is 1.61 bits per heavy atom. The molecule has 0 heterocycles. The monoisotopic (exact) mass is 462 g/mol. The van der Waals surface area contributed by atoms with Crippen LogP contribution in [0.25, 0.3) is 0 Å². The number of nitrogens with zero attached hydrogens (tertiary/aromatic N) is 1. The van der Waals surface area contributed by atoms with Crippen LogP contribution >= 0.6 is 0 Å². The van der Waals surface area contributed by atoms with E-state index in [1.54, 1.807) is 0 Å². The molecule has 0 fully saturated rings. The molecular weight excluding hydrogens is 412 g/mol. The van der Waals surface area contributed by atoms with E-state index >= 15 is 0 Å². The molecule has 0 aromatic heterocycles. The van der Waals surface area contributed by atoms with Crippen LogP contribution in [0.2, 0.25) is 0 Å². The number of amides is 1. The van der Waals surface area contributed by atoms with Crippen LogP contribution in [0.5, 0.6) is 0 Å². The highest BCUT2D eigenvalue weighted by molar-refractivity contribution is 5.78. The van der Waals surface area contributed by atoms with E-state index in [2.05, 4.69) is 90.4 Å². The molecule has 5 nitrogen and oxygen atoms in total. The molecule has 0 aromatic carbocycles. The van der Waals surface area contributed by atoms with Crippen LogP contribution in [0.15, 0.2) is 0 Å². The Hall–Kier alpha value is -0.810. The van der Waals surface area contributed by atoms with Crippen LogP contribution in [-0.4, -0.2) is 50.7 Å². The maximum atomic E-state index is 13.1. The van der Waals surface area contributed by atoms with Gasteiger partial charge in [0.2, 0.25) is 5.91 Å². The summed E-state index contributed by atoms with van der Waals surface area (Å²) in [5.74, 6) is -0.947. The smallest absolute Gasteiger partial charge is 0.309 e. The number of rotatable bonds is 10. The fourth-order valence-corrected chi connectivity index (χ4v) is 3.83. The minimum atomic E-state index is -0.377. The van der Waals surface area contributed by atoms with Gasteiger partial charge in [-0.25, -0.2) is 0 Å². The molecule has 0 rings (SSSR count). The van der Waals surface area contributed by atoms with E-state index < -0.39 is 0 Å². The molecule has 31 heavy (non-hydrogen) atoms. The van der Waals surface area contributed by atoms with Crippen molar-refractivity contribution in [2.45, 2.75) is 82.1 Å². The van der Waals surface area contributed by atoms with Gasteiger partial charge in [0.15, 0.2) is 0 Å². The third-order valence-corrected chi connectivity index (χ3v) is 6.83. The van der Waals surface area contributed by atoms with Crippen molar-refractivity contribution in [3.63, 3.8) is 0 Å². The number of primary amides is 1. The SMILES string of the molecule is CC(C)(C)CC(C(N)=O)C(C)(C)C(C)(C)CC(C(=O)OCC[N+](C)(C)C)C(C)(C)C.[Cl-]. The van der Waals surface area contributed by atoms with Gasteiger partial charge in [0.1, 0.15) is 13.2 Å². The Kier molecular flexibility index (Phi) is 11.4. The lowest BCUT2D eigenvalue weighted by Crippen LogP contribution is -3.00. The van der Waals surface area contributed by atoms with Gasteiger partial charge in [-0.3, -0.25) is 9.59 Å². The Balaban J connectivity index is 0. The number of nitrogens with two attached hydrogens (primary N) is 1. The van der Waals surface area contributed by atoms with Crippen molar-refractivity contribution in [3.8, 4) is 0 Å². The zero-order valence-corrected chi connectivity index (χ0v) is 23.4. The average Bonchev–Trinajstić information content (AvgIpc) is 2.46. The van der Waals surface area contributed by atoms with Crippen molar-refractivity contribution in [2.75, 3.05) is 34.3 Å².